The van der Waals surface area contributed by atoms with Crippen molar-refractivity contribution in [2.75, 3.05) is 11.9 Å². The Labute approximate surface area is 80.7 Å². The minimum absolute atomic E-state index is 0.144. The van der Waals surface area contributed by atoms with Crippen LogP contribution in [0.1, 0.15) is 0 Å². The van der Waals surface area contributed by atoms with Crippen LogP contribution >= 0.6 is 11.8 Å². The zero-order valence-corrected chi connectivity index (χ0v) is 7.80. The van der Waals surface area contributed by atoms with Crippen LogP contribution in [0.15, 0.2) is 29.2 Å². The maximum absolute atomic E-state index is 10.9. The number of thioether (sulfide) groups is 1. The molecule has 0 saturated heterocycles. The van der Waals surface area contributed by atoms with Gasteiger partial charge in [0.2, 0.25) is 5.91 Å². The number of para-hydroxylation sites is 1. The zero-order chi connectivity index (χ0) is 9.26. The minimum Gasteiger partial charge on any atom is -0.382 e. The van der Waals surface area contributed by atoms with Crippen LogP contribution in [-0.2, 0) is 4.79 Å². The predicted molar refractivity (Wildman–Crippen MR) is 53.8 cm³/mol. The Morgan fingerprint density at radius 3 is 3.08 bits per heavy atom. The number of primary amides is 1. The topological polar surface area (TPSA) is 55.1 Å². The second-order valence-corrected chi connectivity index (χ2v) is 4.13. The van der Waals surface area contributed by atoms with Crippen LogP contribution in [0.5, 0.6) is 0 Å². The van der Waals surface area contributed by atoms with Crippen LogP contribution in [-0.4, -0.2) is 17.7 Å². The molecule has 0 radical (unpaired) electrons. The monoisotopic (exact) mass is 194 g/mol. The molecule has 3 N–H and O–H groups in total. The first-order valence-electron chi connectivity index (χ1n) is 4.06. The molecule has 0 spiro atoms. The van der Waals surface area contributed by atoms with E-state index in [1.165, 1.54) is 11.8 Å². The summed E-state index contributed by atoms with van der Waals surface area (Å²) in [6.07, 6.45) is 0. The smallest absolute Gasteiger partial charge is 0.232 e. The van der Waals surface area contributed by atoms with E-state index in [1.807, 2.05) is 24.3 Å². The summed E-state index contributed by atoms with van der Waals surface area (Å²) in [4.78, 5) is 12.0. The van der Waals surface area contributed by atoms with E-state index in [9.17, 15) is 4.79 Å². The number of anilines is 1. The highest BCUT2D eigenvalue weighted by Gasteiger charge is 2.22. The van der Waals surface area contributed by atoms with E-state index >= 15 is 0 Å². The molecule has 68 valence electrons. The summed E-state index contributed by atoms with van der Waals surface area (Å²) in [5.74, 6) is -0.257. The lowest BCUT2D eigenvalue weighted by molar-refractivity contribution is -0.117. The molecule has 1 aromatic rings. The third-order valence-corrected chi connectivity index (χ3v) is 3.24. The van der Waals surface area contributed by atoms with Crippen molar-refractivity contribution in [3.05, 3.63) is 24.3 Å². The van der Waals surface area contributed by atoms with Gasteiger partial charge in [0.25, 0.3) is 0 Å². The van der Waals surface area contributed by atoms with E-state index in [0.29, 0.717) is 6.54 Å². The number of amides is 1. The fourth-order valence-electron chi connectivity index (χ4n) is 1.27. The van der Waals surface area contributed by atoms with Crippen LogP contribution in [0.4, 0.5) is 5.69 Å². The highest BCUT2D eigenvalue weighted by Crippen LogP contribution is 2.34. The van der Waals surface area contributed by atoms with Gasteiger partial charge in [0.05, 0.1) is 0 Å². The lowest BCUT2D eigenvalue weighted by Gasteiger charge is -2.22. The molecule has 0 saturated carbocycles. The first kappa shape index (κ1) is 8.44. The van der Waals surface area contributed by atoms with Crippen molar-refractivity contribution < 1.29 is 4.79 Å². The summed E-state index contributed by atoms with van der Waals surface area (Å²) in [7, 11) is 0. The van der Waals surface area contributed by atoms with Gasteiger partial charge in [-0.25, -0.2) is 0 Å². The maximum Gasteiger partial charge on any atom is 0.232 e. The summed E-state index contributed by atoms with van der Waals surface area (Å²) in [6, 6.07) is 7.91. The number of hydrogen-bond donors (Lipinski definition) is 2. The molecule has 1 aliphatic rings. The quantitative estimate of drug-likeness (QED) is 0.702. The van der Waals surface area contributed by atoms with Crippen molar-refractivity contribution in [1.29, 1.82) is 0 Å². The lowest BCUT2D eigenvalue weighted by Crippen LogP contribution is -2.34. The second-order valence-electron chi connectivity index (χ2n) is 2.89. The van der Waals surface area contributed by atoms with Gasteiger partial charge in [-0.05, 0) is 12.1 Å². The minimum atomic E-state index is -0.257. The number of benzene rings is 1. The predicted octanol–water partition coefficient (Wildman–Crippen LogP) is 1.06. The van der Waals surface area contributed by atoms with Crippen molar-refractivity contribution in [3.8, 4) is 0 Å². The highest BCUT2D eigenvalue weighted by atomic mass is 32.2. The van der Waals surface area contributed by atoms with Crippen LogP contribution in [0, 0.1) is 0 Å². The second kappa shape index (κ2) is 3.30. The van der Waals surface area contributed by atoms with Crippen molar-refractivity contribution >= 4 is 23.4 Å². The van der Waals surface area contributed by atoms with Crippen LogP contribution < -0.4 is 11.1 Å². The number of carbonyl (C=O) groups is 1. The molecule has 4 heteroatoms. The third-order valence-electron chi connectivity index (χ3n) is 1.95. The SMILES string of the molecule is NC(=O)C1CNc2ccccc2S1. The first-order chi connectivity index (χ1) is 6.27. The Morgan fingerprint density at radius 2 is 2.31 bits per heavy atom. The number of carbonyl (C=O) groups excluding carboxylic acids is 1. The van der Waals surface area contributed by atoms with Gasteiger partial charge in [-0.2, -0.15) is 0 Å². The summed E-state index contributed by atoms with van der Waals surface area (Å²) >= 11 is 1.53. The average Bonchev–Trinajstić information content (AvgIpc) is 2.17. The van der Waals surface area contributed by atoms with Crippen molar-refractivity contribution in [3.63, 3.8) is 0 Å². The Morgan fingerprint density at radius 1 is 1.54 bits per heavy atom. The maximum atomic E-state index is 10.9. The Balaban J connectivity index is 2.24. The lowest BCUT2D eigenvalue weighted by atomic mass is 10.3. The zero-order valence-electron chi connectivity index (χ0n) is 6.99. The molecule has 13 heavy (non-hydrogen) atoms. The van der Waals surface area contributed by atoms with Gasteiger partial charge >= 0.3 is 0 Å². The fourth-order valence-corrected chi connectivity index (χ4v) is 2.29. The third kappa shape index (κ3) is 1.62. The van der Waals surface area contributed by atoms with Crippen molar-refractivity contribution in [2.45, 2.75) is 10.1 Å². The molecule has 0 aliphatic carbocycles. The van der Waals surface area contributed by atoms with E-state index in [0.717, 1.165) is 10.6 Å². The normalized spacial score (nSPS) is 20.2. The van der Waals surface area contributed by atoms with Crippen molar-refractivity contribution in [2.24, 2.45) is 5.73 Å². The van der Waals surface area contributed by atoms with Gasteiger partial charge in [-0.15, -0.1) is 11.8 Å². The number of nitrogens with one attached hydrogen (secondary N) is 1. The summed E-state index contributed by atoms with van der Waals surface area (Å²) in [6.45, 7) is 0.622. The largest absolute Gasteiger partial charge is 0.382 e. The Hall–Kier alpha value is -1.16. The highest BCUT2D eigenvalue weighted by molar-refractivity contribution is 8.00. The van der Waals surface area contributed by atoms with Crippen LogP contribution in [0.25, 0.3) is 0 Å². The average molecular weight is 194 g/mol. The van der Waals surface area contributed by atoms with Gasteiger partial charge in [0, 0.05) is 17.1 Å². The van der Waals surface area contributed by atoms with Gasteiger partial charge in [-0.3, -0.25) is 4.79 Å². The molecule has 1 amide bonds. The summed E-state index contributed by atoms with van der Waals surface area (Å²) < 4.78 is 0. The van der Waals surface area contributed by atoms with Gasteiger partial charge in [0.1, 0.15) is 5.25 Å². The molecule has 2 rings (SSSR count). The molecular formula is C9H10N2OS. The molecule has 1 heterocycles. The molecule has 1 atom stereocenters. The van der Waals surface area contributed by atoms with Gasteiger partial charge < -0.3 is 11.1 Å². The van der Waals surface area contributed by atoms with E-state index in [-0.39, 0.29) is 11.2 Å². The van der Waals surface area contributed by atoms with E-state index < -0.39 is 0 Å². The first-order valence-corrected chi connectivity index (χ1v) is 4.94. The molecule has 3 nitrogen and oxygen atoms in total. The van der Waals surface area contributed by atoms with Gasteiger partial charge in [0.15, 0.2) is 0 Å². The number of nitrogens with two attached hydrogens (primary N) is 1. The van der Waals surface area contributed by atoms with E-state index in [1.54, 1.807) is 0 Å². The molecule has 0 aromatic heterocycles. The molecule has 1 aromatic carbocycles. The Bertz CT molecular complexity index is 340. The van der Waals surface area contributed by atoms with Crippen molar-refractivity contribution in [1.82, 2.24) is 0 Å². The number of hydrogen-bond acceptors (Lipinski definition) is 3. The number of fused-ring (bicyclic) bond motifs is 1. The summed E-state index contributed by atoms with van der Waals surface area (Å²) in [5.41, 5.74) is 6.31. The molecule has 1 unspecified atom stereocenters. The van der Waals surface area contributed by atoms with Crippen LogP contribution in [0.2, 0.25) is 0 Å². The Kier molecular flexibility index (Phi) is 2.14. The molecule has 0 bridgehead atoms. The summed E-state index contributed by atoms with van der Waals surface area (Å²) in [5, 5.41) is 3.03. The fraction of sp³-hybridized carbons (Fsp3) is 0.222. The van der Waals surface area contributed by atoms with E-state index in [2.05, 4.69) is 5.32 Å². The van der Waals surface area contributed by atoms with Crippen LogP contribution in [0.3, 0.4) is 0 Å². The van der Waals surface area contributed by atoms with Gasteiger partial charge in [-0.1, -0.05) is 12.1 Å². The standard InChI is InChI=1S/C9H10N2OS/c10-9(12)8-5-11-6-3-1-2-4-7(6)13-8/h1-4,8,11H,5H2,(H2,10,12). The molecular weight excluding hydrogens is 184 g/mol. The molecule has 0 fully saturated rings. The number of rotatable bonds is 1. The molecule has 1 aliphatic heterocycles. The van der Waals surface area contributed by atoms with E-state index in [4.69, 9.17) is 5.73 Å².